The number of Topliss-reactive ketones (excluding diaryl/α,β-unsaturated/α-hetero) is 1. The van der Waals surface area contributed by atoms with E-state index in [-0.39, 0.29) is 70.4 Å². The second-order valence-corrected chi connectivity index (χ2v) is 21.5. The first kappa shape index (κ1) is 81.5. The number of ketones is 1. The van der Waals surface area contributed by atoms with Gasteiger partial charge in [0.1, 0.15) is 35.9 Å². The number of nitrogens with zero attached hydrogens (tertiary/aromatic N) is 8. The molecule has 3 heterocycles. The first-order valence-electron chi connectivity index (χ1n) is 30.8. The van der Waals surface area contributed by atoms with Gasteiger partial charge in [-0.2, -0.15) is 0 Å². The topological polar surface area (TPSA) is 505 Å². The van der Waals surface area contributed by atoms with Crippen molar-refractivity contribution >= 4 is 41.8 Å². The van der Waals surface area contributed by atoms with Gasteiger partial charge in [-0.15, -0.1) is 5.10 Å². The monoisotopic (exact) mass is 1350 g/mol. The van der Waals surface area contributed by atoms with Crippen LogP contribution in [0.2, 0.25) is 0 Å². The number of carbonyl (C=O) groups is 5. The van der Waals surface area contributed by atoms with Crippen LogP contribution in [0.4, 0.5) is 9.59 Å². The van der Waals surface area contributed by atoms with Crippen LogP contribution >= 0.6 is 0 Å². The average Bonchev–Trinajstić information content (AvgIpc) is 0.970. The maximum Gasteiger partial charge on any atom is 0.410 e. The van der Waals surface area contributed by atoms with Crippen LogP contribution in [-0.4, -0.2) is 336 Å². The minimum absolute atomic E-state index is 0.00988. The van der Waals surface area contributed by atoms with Crippen LogP contribution in [0.5, 0.6) is 0 Å². The minimum atomic E-state index is -1.68. The number of likely N-dealkylation sites (N-methyl/N-ethyl adjacent to an activating group) is 2. The number of aliphatic carboxylic acids is 2. The predicted molar refractivity (Wildman–Crippen MR) is 329 cm³/mol. The number of guanidine groups is 2. The molecule has 0 spiro atoms. The molecule has 1 unspecified atom stereocenters. The predicted octanol–water partition coefficient (Wildman–Crippen LogP) is -3.90. The molecule has 37 heteroatoms. The van der Waals surface area contributed by atoms with Gasteiger partial charge in [-0.1, -0.05) is 19.1 Å². The third kappa shape index (κ3) is 33.1. The molecule has 0 aromatic carbocycles. The number of aromatic nitrogens is 3. The van der Waals surface area contributed by atoms with E-state index in [1.807, 2.05) is 4.90 Å². The number of aliphatic imine (C=N–C) groups is 2. The molecule has 0 fully saturated rings. The molecule has 0 radical (unpaired) electrons. The third-order valence-corrected chi connectivity index (χ3v) is 14.1. The first-order chi connectivity index (χ1) is 45.1. The van der Waals surface area contributed by atoms with Crippen LogP contribution in [0.1, 0.15) is 32.9 Å². The van der Waals surface area contributed by atoms with Crippen LogP contribution in [-0.2, 0) is 93.9 Å². The summed E-state index contributed by atoms with van der Waals surface area (Å²) < 4.78 is 80.5. The molecule has 1 aromatic rings. The molecule has 3 rings (SSSR count). The maximum absolute atomic E-state index is 13.3. The Labute approximate surface area is 546 Å². The number of aliphatic hydroxyl groups is 4. The lowest BCUT2D eigenvalue weighted by Gasteiger charge is -2.38. The Kier molecular flexibility index (Phi) is 41.0. The molecule has 0 saturated heterocycles. The average molecular weight is 1350 g/mol. The molecular weight excluding hydrogens is 1250 g/mol. The van der Waals surface area contributed by atoms with Crippen LogP contribution < -0.4 is 22.9 Å². The molecule has 2 aliphatic rings. The third-order valence-electron chi connectivity index (χ3n) is 14.1. The van der Waals surface area contributed by atoms with E-state index in [1.54, 1.807) is 24.7 Å². The van der Waals surface area contributed by atoms with E-state index in [0.29, 0.717) is 131 Å². The lowest BCUT2D eigenvalue weighted by atomic mass is 9.87. The van der Waals surface area contributed by atoms with Gasteiger partial charge in [0.15, 0.2) is 24.1 Å². The standard InChI is InChI=1S/C57H100N12O25/c1-38(72)6-13-81-20-23-86-26-27-88-25-22-85-19-12-69-34-41(64-65-69)37-90-31-30-89-29-28-87-24-21-84-18-11-68(9-16-82-14-7-66(4)56(79)93-50(44(73)35-70)48-39(2)42(62-54(58)59)32-46(91-48)52(75)76)10-17-83-15-8-67(5)57(80)94-51(45(74)36-71)49-40(3)43(63-55(60)61)33-47(92-49)53(77)78/h32-34,39-40,42-45,48-51,70-71,73-74H,6-31,35-37H2,1-5H3,(H,75,76)(H,77,78)(H4,58,59,62)(H4,60,61,63)/t39-,40-,42+,43+,44-,45-,48-,49-,50-,51?/m1/s1. The molecule has 538 valence electrons. The summed E-state index contributed by atoms with van der Waals surface area (Å²) in [6.45, 7) is 11.0. The number of carbonyl (C=O) groups excluding carboxylic acids is 3. The zero-order valence-corrected chi connectivity index (χ0v) is 54.3. The number of carboxylic acid groups (broad SMARTS) is 2. The highest BCUT2D eigenvalue weighted by molar-refractivity contribution is 5.85. The van der Waals surface area contributed by atoms with Crippen molar-refractivity contribution in [3.8, 4) is 0 Å². The van der Waals surface area contributed by atoms with E-state index < -0.39 is 109 Å². The van der Waals surface area contributed by atoms with E-state index in [1.165, 1.54) is 33.2 Å². The summed E-state index contributed by atoms with van der Waals surface area (Å²) in [5, 5.41) is 68.8. The van der Waals surface area contributed by atoms with E-state index in [2.05, 4.69) is 20.3 Å². The Balaban J connectivity index is 1.42. The zero-order chi connectivity index (χ0) is 69.2. The Bertz CT molecular complexity index is 2350. The van der Waals surface area contributed by atoms with Gasteiger partial charge in [0, 0.05) is 65.1 Å². The van der Waals surface area contributed by atoms with Crippen molar-refractivity contribution in [1.29, 1.82) is 0 Å². The number of ether oxygens (including phenoxy) is 14. The summed E-state index contributed by atoms with van der Waals surface area (Å²) in [7, 11) is 2.83. The molecule has 14 N–H and O–H groups in total. The Hall–Kier alpha value is -6.69. The Morgan fingerprint density at radius 1 is 0.553 bits per heavy atom. The molecular formula is C57H100N12O25. The van der Waals surface area contributed by atoms with Crippen molar-refractivity contribution in [3.05, 3.63) is 35.6 Å². The fraction of sp³-hybridized carbons (Fsp3) is 0.772. The molecule has 2 aliphatic heterocycles. The number of hydrogen-bond acceptors (Lipinski definition) is 28. The van der Waals surface area contributed by atoms with Gasteiger partial charge in [-0.25, -0.2) is 33.8 Å². The number of amides is 2. The smallest absolute Gasteiger partial charge is 0.410 e. The maximum atomic E-state index is 13.3. The van der Waals surface area contributed by atoms with Crippen molar-refractivity contribution < 1.29 is 121 Å². The van der Waals surface area contributed by atoms with Gasteiger partial charge in [0.05, 0.1) is 170 Å². The molecule has 0 saturated carbocycles. The summed E-state index contributed by atoms with van der Waals surface area (Å²) >= 11 is 0. The highest BCUT2D eigenvalue weighted by Gasteiger charge is 2.46. The molecule has 10 atom stereocenters. The number of nitrogens with two attached hydrogens (primary N) is 4. The number of rotatable bonds is 53. The van der Waals surface area contributed by atoms with E-state index in [9.17, 15) is 54.6 Å². The lowest BCUT2D eigenvalue weighted by Crippen LogP contribution is -2.52. The first-order valence-corrected chi connectivity index (χ1v) is 30.8. The Morgan fingerprint density at radius 3 is 1.28 bits per heavy atom. The van der Waals surface area contributed by atoms with Crippen LogP contribution in [0.15, 0.2) is 39.9 Å². The minimum Gasteiger partial charge on any atom is -0.479 e. The van der Waals surface area contributed by atoms with Gasteiger partial charge in [0.2, 0.25) is 11.5 Å². The zero-order valence-electron chi connectivity index (χ0n) is 54.3. The second-order valence-electron chi connectivity index (χ2n) is 21.5. The lowest BCUT2D eigenvalue weighted by molar-refractivity contribution is -0.148. The van der Waals surface area contributed by atoms with E-state index in [0.717, 1.165) is 9.80 Å². The fourth-order valence-corrected chi connectivity index (χ4v) is 8.76. The van der Waals surface area contributed by atoms with Gasteiger partial charge in [-0.05, 0) is 19.1 Å². The largest absolute Gasteiger partial charge is 0.479 e. The van der Waals surface area contributed by atoms with Gasteiger partial charge in [0.25, 0.3) is 0 Å². The SMILES string of the molecule is CC(=O)CCOCCOCCOCCOCCn1cc(COCCOCCOCCOCCN(CCOCCN(C)C(=O)OC([C@H](O)CO)[C@@H]2OC(C(=O)O)=C[C@H](N=C(N)N)[C@H]2C)CCOCCN(C)C(=O)O[C@@H]([C@@H]2OC(C(=O)O)=C[C@H](N=C(N)N)[C@H]2C)[C@H](O)CO)nn1. The normalized spacial score (nSPS) is 19.1. The fourth-order valence-electron chi connectivity index (χ4n) is 8.76. The van der Waals surface area contributed by atoms with Crippen molar-refractivity contribution in [2.24, 2.45) is 44.8 Å². The van der Waals surface area contributed by atoms with Crippen molar-refractivity contribution in [1.82, 2.24) is 29.7 Å². The summed E-state index contributed by atoms with van der Waals surface area (Å²) in [5.41, 5.74) is 22.9. The molecule has 0 bridgehead atoms. The quantitative estimate of drug-likeness (QED) is 0.0169. The molecule has 0 aliphatic carbocycles. The van der Waals surface area contributed by atoms with E-state index in [4.69, 9.17) is 89.3 Å². The van der Waals surface area contributed by atoms with Crippen molar-refractivity contribution in [2.45, 2.75) is 89.1 Å². The summed E-state index contributed by atoms with van der Waals surface area (Å²) in [4.78, 5) is 73.8. The van der Waals surface area contributed by atoms with Crippen molar-refractivity contribution in [3.63, 3.8) is 0 Å². The molecule has 37 nitrogen and oxygen atoms in total. The van der Waals surface area contributed by atoms with Crippen molar-refractivity contribution in [2.75, 3.05) is 186 Å². The van der Waals surface area contributed by atoms with E-state index >= 15 is 0 Å². The summed E-state index contributed by atoms with van der Waals surface area (Å²) in [6, 6.07) is -1.85. The van der Waals surface area contributed by atoms with Crippen LogP contribution in [0, 0.1) is 11.8 Å². The Morgan fingerprint density at radius 2 is 0.904 bits per heavy atom. The van der Waals surface area contributed by atoms with Crippen LogP contribution in [0.3, 0.4) is 0 Å². The molecule has 2 amide bonds. The highest BCUT2D eigenvalue weighted by atomic mass is 16.6. The summed E-state index contributed by atoms with van der Waals surface area (Å²) in [5.74, 6) is -6.04. The van der Waals surface area contributed by atoms with Crippen LogP contribution in [0.25, 0.3) is 0 Å². The second kappa shape index (κ2) is 47.2. The highest BCUT2D eigenvalue weighted by Crippen LogP contribution is 2.32. The molecule has 1 aromatic heterocycles. The van der Waals surface area contributed by atoms with Gasteiger partial charge >= 0.3 is 24.1 Å². The molecule has 94 heavy (non-hydrogen) atoms. The van der Waals surface area contributed by atoms with Gasteiger partial charge < -0.3 is 130 Å². The number of hydrogen-bond donors (Lipinski definition) is 10. The summed E-state index contributed by atoms with van der Waals surface area (Å²) in [6.07, 6.45) is -6.34. The number of carboxylic acids is 2. The number of aliphatic hydroxyl groups excluding tert-OH is 4. The van der Waals surface area contributed by atoms with Gasteiger partial charge in [-0.3, -0.25) is 9.69 Å².